The largest absolute Gasteiger partial charge is 0.423 e. The summed E-state index contributed by atoms with van der Waals surface area (Å²) < 4.78 is 5.21. The van der Waals surface area contributed by atoms with Gasteiger partial charge in [0.05, 0.1) is 0 Å². The Hall–Kier alpha value is -1.57. The molecule has 0 N–H and O–H groups in total. The lowest BCUT2D eigenvalue weighted by atomic mass is 10.0. The van der Waals surface area contributed by atoms with Crippen molar-refractivity contribution >= 4 is 5.97 Å². The predicted molar refractivity (Wildman–Crippen MR) is 70.2 cm³/mol. The van der Waals surface area contributed by atoms with Crippen LogP contribution in [-0.4, -0.2) is 5.97 Å². The summed E-state index contributed by atoms with van der Waals surface area (Å²) in [4.78, 5) is 11.4. The fraction of sp³-hybridized carbons (Fsp3) is 0.400. The molecular weight excluding hydrogens is 212 g/mol. The number of aryl methyl sites for hydroxylation is 2. The molecule has 2 nitrogen and oxygen atoms in total. The molecule has 0 unspecified atom stereocenters. The molecule has 92 valence electrons. The van der Waals surface area contributed by atoms with Crippen LogP contribution in [0.5, 0.6) is 5.75 Å². The van der Waals surface area contributed by atoms with Gasteiger partial charge in [-0.15, -0.1) is 0 Å². The Morgan fingerprint density at radius 1 is 1.41 bits per heavy atom. The molecule has 0 radical (unpaired) electrons. The van der Waals surface area contributed by atoms with Gasteiger partial charge in [0.15, 0.2) is 0 Å². The summed E-state index contributed by atoms with van der Waals surface area (Å²) in [5.41, 5.74) is 2.91. The Kier molecular flexibility index (Phi) is 4.95. The van der Waals surface area contributed by atoms with Crippen LogP contribution in [0.1, 0.15) is 37.8 Å². The van der Waals surface area contributed by atoms with Crippen LogP contribution in [0.4, 0.5) is 0 Å². The summed E-state index contributed by atoms with van der Waals surface area (Å²) >= 11 is 0. The second-order valence-electron chi connectivity index (χ2n) is 4.36. The number of carbonyl (C=O) groups is 1. The number of benzene rings is 1. The lowest BCUT2D eigenvalue weighted by Crippen LogP contribution is -2.08. The van der Waals surface area contributed by atoms with Crippen molar-refractivity contribution in [3.05, 3.63) is 41.5 Å². The van der Waals surface area contributed by atoms with Crippen molar-refractivity contribution < 1.29 is 9.53 Å². The number of esters is 1. The van der Waals surface area contributed by atoms with Crippen LogP contribution < -0.4 is 4.74 Å². The molecule has 0 spiro atoms. The molecule has 1 aromatic rings. The van der Waals surface area contributed by atoms with Gasteiger partial charge in [0.2, 0.25) is 0 Å². The maximum Gasteiger partial charge on any atom is 0.338 e. The van der Waals surface area contributed by atoms with Gasteiger partial charge < -0.3 is 4.74 Å². The van der Waals surface area contributed by atoms with Crippen molar-refractivity contribution in [3.8, 4) is 5.75 Å². The summed E-state index contributed by atoms with van der Waals surface area (Å²) in [5.74, 6) is 0.241. The molecule has 0 bridgehead atoms. The van der Waals surface area contributed by atoms with Crippen LogP contribution in [0.15, 0.2) is 30.4 Å². The first-order valence-corrected chi connectivity index (χ1v) is 6.01. The molecule has 0 saturated heterocycles. The molecule has 2 heteroatoms. The van der Waals surface area contributed by atoms with E-state index in [-0.39, 0.29) is 5.97 Å². The number of carbonyl (C=O) groups excluding carboxylic acids is 1. The Morgan fingerprint density at radius 2 is 2.12 bits per heavy atom. The average Bonchev–Trinajstić information content (AvgIpc) is 2.29. The topological polar surface area (TPSA) is 26.3 Å². The normalized spacial score (nSPS) is 10.1. The highest BCUT2D eigenvalue weighted by atomic mass is 16.5. The maximum atomic E-state index is 11.4. The monoisotopic (exact) mass is 232 g/mol. The Balaban J connectivity index is 2.81. The van der Waals surface area contributed by atoms with Gasteiger partial charge in [-0.1, -0.05) is 26.0 Å². The molecule has 0 amide bonds. The van der Waals surface area contributed by atoms with Crippen LogP contribution in [-0.2, 0) is 11.2 Å². The van der Waals surface area contributed by atoms with Crippen molar-refractivity contribution in [2.45, 2.75) is 40.0 Å². The zero-order valence-electron chi connectivity index (χ0n) is 10.9. The lowest BCUT2D eigenvalue weighted by molar-refractivity contribution is -0.130. The summed E-state index contributed by atoms with van der Waals surface area (Å²) in [6.07, 6.45) is 3.34. The molecule has 0 aliphatic heterocycles. The van der Waals surface area contributed by atoms with Crippen molar-refractivity contribution in [1.82, 2.24) is 0 Å². The highest BCUT2D eigenvalue weighted by Crippen LogP contribution is 2.20. The van der Waals surface area contributed by atoms with Gasteiger partial charge in [-0.25, -0.2) is 4.79 Å². The van der Waals surface area contributed by atoms with E-state index in [0.717, 1.165) is 19.3 Å². The maximum absolute atomic E-state index is 11.4. The third-order valence-corrected chi connectivity index (χ3v) is 2.68. The number of rotatable bonds is 5. The molecule has 1 aromatic carbocycles. The molecule has 1 rings (SSSR count). The summed E-state index contributed by atoms with van der Waals surface area (Å²) in [6, 6.07) is 5.77. The summed E-state index contributed by atoms with van der Waals surface area (Å²) in [5, 5.41) is 0. The first-order valence-electron chi connectivity index (χ1n) is 6.01. The highest BCUT2D eigenvalue weighted by Gasteiger charge is 2.07. The second kappa shape index (κ2) is 6.24. The second-order valence-corrected chi connectivity index (χ2v) is 4.36. The van der Waals surface area contributed by atoms with Gasteiger partial charge >= 0.3 is 5.97 Å². The lowest BCUT2D eigenvalue weighted by Gasteiger charge is -2.09. The Bertz CT molecular complexity index is 419. The van der Waals surface area contributed by atoms with Gasteiger partial charge in [0.25, 0.3) is 0 Å². The minimum atomic E-state index is -0.365. The van der Waals surface area contributed by atoms with Crippen LogP contribution >= 0.6 is 0 Å². The molecule has 0 atom stereocenters. The van der Waals surface area contributed by atoms with Gasteiger partial charge in [0, 0.05) is 5.57 Å². The van der Waals surface area contributed by atoms with E-state index in [1.165, 1.54) is 11.1 Å². The summed E-state index contributed by atoms with van der Waals surface area (Å²) in [6.45, 7) is 9.46. The number of hydrogen-bond acceptors (Lipinski definition) is 2. The van der Waals surface area contributed by atoms with E-state index in [4.69, 9.17) is 4.74 Å². The highest BCUT2D eigenvalue weighted by molar-refractivity contribution is 5.88. The van der Waals surface area contributed by atoms with E-state index in [1.54, 1.807) is 6.92 Å². The SMILES string of the molecule is C=C(C)C(=O)Oc1ccc(C)c(CCCC)c1. The van der Waals surface area contributed by atoms with Gasteiger partial charge in [-0.05, 0) is 49.9 Å². The fourth-order valence-electron chi connectivity index (χ4n) is 1.54. The van der Waals surface area contributed by atoms with Crippen molar-refractivity contribution in [1.29, 1.82) is 0 Å². The number of ether oxygens (including phenoxy) is 1. The van der Waals surface area contributed by atoms with Gasteiger partial charge in [-0.2, -0.15) is 0 Å². The van der Waals surface area contributed by atoms with Crippen LogP contribution in [0.3, 0.4) is 0 Å². The van der Waals surface area contributed by atoms with E-state index in [0.29, 0.717) is 11.3 Å². The minimum absolute atomic E-state index is 0.365. The quantitative estimate of drug-likeness (QED) is 0.438. The molecule has 0 aliphatic carbocycles. The molecule has 0 aliphatic rings. The third-order valence-electron chi connectivity index (χ3n) is 2.68. The van der Waals surface area contributed by atoms with E-state index in [2.05, 4.69) is 20.4 Å². The van der Waals surface area contributed by atoms with E-state index >= 15 is 0 Å². The smallest absolute Gasteiger partial charge is 0.338 e. The molecule has 0 fully saturated rings. The first-order chi connectivity index (χ1) is 8.04. The van der Waals surface area contributed by atoms with Gasteiger partial charge in [-0.3, -0.25) is 0 Å². The van der Waals surface area contributed by atoms with Crippen LogP contribution in [0, 0.1) is 6.92 Å². The molecule has 0 saturated carbocycles. The van der Waals surface area contributed by atoms with Crippen molar-refractivity contribution in [2.75, 3.05) is 0 Å². The van der Waals surface area contributed by atoms with Crippen molar-refractivity contribution in [2.24, 2.45) is 0 Å². The van der Waals surface area contributed by atoms with Crippen molar-refractivity contribution in [3.63, 3.8) is 0 Å². The molecule has 0 heterocycles. The summed E-state index contributed by atoms with van der Waals surface area (Å²) in [7, 11) is 0. The predicted octanol–water partition coefficient (Wildman–Crippen LogP) is 3.82. The standard InChI is InChI=1S/C15H20O2/c1-5-6-7-13-10-14(9-8-12(13)4)17-15(16)11(2)3/h8-10H,2,5-7H2,1,3-4H3. The number of unbranched alkanes of at least 4 members (excludes halogenated alkanes) is 1. The third kappa shape index (κ3) is 4.06. The van der Waals surface area contributed by atoms with Gasteiger partial charge in [0.1, 0.15) is 5.75 Å². The Morgan fingerprint density at radius 3 is 2.71 bits per heavy atom. The zero-order valence-corrected chi connectivity index (χ0v) is 10.9. The first kappa shape index (κ1) is 13.5. The fourth-order valence-corrected chi connectivity index (χ4v) is 1.54. The van der Waals surface area contributed by atoms with E-state index in [1.807, 2.05) is 18.2 Å². The molecule has 0 aromatic heterocycles. The average molecular weight is 232 g/mol. The van der Waals surface area contributed by atoms with E-state index in [9.17, 15) is 4.79 Å². The number of hydrogen-bond donors (Lipinski definition) is 0. The van der Waals surface area contributed by atoms with E-state index < -0.39 is 0 Å². The van der Waals surface area contributed by atoms with Crippen LogP contribution in [0.25, 0.3) is 0 Å². The van der Waals surface area contributed by atoms with Crippen LogP contribution in [0.2, 0.25) is 0 Å². The zero-order chi connectivity index (χ0) is 12.8. The molecular formula is C15H20O2. The Labute approximate surface area is 103 Å². The molecule has 17 heavy (non-hydrogen) atoms. The minimum Gasteiger partial charge on any atom is -0.423 e.